The van der Waals surface area contributed by atoms with Crippen LogP contribution in [-0.4, -0.2) is 35.1 Å². The van der Waals surface area contributed by atoms with Crippen LogP contribution in [0, 0.1) is 5.92 Å². The van der Waals surface area contributed by atoms with Crippen LogP contribution in [0.25, 0.3) is 0 Å². The molecule has 1 N–H and O–H groups in total. The van der Waals surface area contributed by atoms with Gasteiger partial charge in [-0.25, -0.2) is 0 Å². The van der Waals surface area contributed by atoms with Crippen molar-refractivity contribution in [3.05, 3.63) is 35.9 Å². The average Bonchev–Trinajstić information content (AvgIpc) is 3.29. The Labute approximate surface area is 192 Å². The highest BCUT2D eigenvalue weighted by Crippen LogP contribution is 2.34. The monoisotopic (exact) mass is 431 g/mol. The fourth-order valence-corrected chi connectivity index (χ4v) is 5.00. The van der Waals surface area contributed by atoms with E-state index in [1.165, 1.54) is 63.4 Å². The summed E-state index contributed by atoms with van der Waals surface area (Å²) < 4.78 is 0. The lowest BCUT2D eigenvalue weighted by molar-refractivity contribution is -0.145. The van der Waals surface area contributed by atoms with E-state index in [4.69, 9.17) is 0 Å². The van der Waals surface area contributed by atoms with Crippen LogP contribution in [0.15, 0.2) is 30.3 Å². The molecule has 1 aliphatic carbocycles. The molecule has 0 radical (unpaired) electrons. The minimum absolute atomic E-state index is 0.265. The number of aliphatic carboxylic acids is 1. The van der Waals surface area contributed by atoms with Gasteiger partial charge in [0.05, 0.1) is 0 Å². The molecule has 1 aliphatic heterocycles. The number of benzene rings is 1. The second kappa shape index (κ2) is 17.2. The summed E-state index contributed by atoms with van der Waals surface area (Å²) >= 11 is 0. The van der Waals surface area contributed by atoms with Crippen molar-refractivity contribution in [1.29, 1.82) is 0 Å². The van der Waals surface area contributed by atoms with E-state index in [1.807, 2.05) is 19.9 Å². The van der Waals surface area contributed by atoms with Gasteiger partial charge < -0.3 is 5.11 Å². The number of carboxylic acid groups (broad SMARTS) is 1. The number of carbonyl (C=O) groups is 1. The van der Waals surface area contributed by atoms with E-state index in [0.29, 0.717) is 11.8 Å². The molecule has 0 amide bonds. The highest BCUT2D eigenvalue weighted by molar-refractivity contribution is 5.74. The minimum Gasteiger partial charge on any atom is -0.480 e. The third-order valence-electron chi connectivity index (χ3n) is 6.69. The third-order valence-corrected chi connectivity index (χ3v) is 6.69. The summed E-state index contributed by atoms with van der Waals surface area (Å²) in [7, 11) is 0. The maximum absolute atomic E-state index is 11.8. The Hall–Kier alpha value is -1.35. The van der Waals surface area contributed by atoms with Crippen LogP contribution in [0.1, 0.15) is 116 Å². The fourth-order valence-electron chi connectivity index (χ4n) is 5.00. The molecule has 178 valence electrons. The standard InChI is InChI=1S/C18H25NO2.C8H18.C2H6/c20-18(21)17(15-9-5-2-6-10-15)19-12-11-16(13-19)14-7-3-1-4-8-14;1-3-5-7-8-6-4-2;1-2/h1,3-4,7-8,15-17H,2,5-6,9-13H2,(H,20,21);3-8H2,1-2H3;1-2H3/t16?,17-;;/m1../s1. The van der Waals surface area contributed by atoms with Gasteiger partial charge >= 0.3 is 5.97 Å². The lowest BCUT2D eigenvalue weighted by Gasteiger charge is -2.33. The molecule has 3 nitrogen and oxygen atoms in total. The first kappa shape index (κ1) is 27.7. The molecule has 1 heterocycles. The van der Waals surface area contributed by atoms with Crippen molar-refractivity contribution in [2.75, 3.05) is 13.1 Å². The van der Waals surface area contributed by atoms with Gasteiger partial charge in [-0.05, 0) is 43.2 Å². The van der Waals surface area contributed by atoms with Crippen LogP contribution < -0.4 is 0 Å². The summed E-state index contributed by atoms with van der Waals surface area (Å²) in [5.74, 6) is 0.234. The predicted octanol–water partition coefficient (Wildman–Crippen LogP) is 7.90. The van der Waals surface area contributed by atoms with Crippen molar-refractivity contribution in [3.8, 4) is 0 Å². The van der Waals surface area contributed by atoms with E-state index < -0.39 is 5.97 Å². The van der Waals surface area contributed by atoms with E-state index >= 15 is 0 Å². The maximum Gasteiger partial charge on any atom is 0.321 e. The minimum atomic E-state index is -0.615. The first-order valence-corrected chi connectivity index (χ1v) is 13.2. The molecule has 2 atom stereocenters. The number of nitrogens with zero attached hydrogens (tertiary/aromatic N) is 1. The summed E-state index contributed by atoms with van der Waals surface area (Å²) in [4.78, 5) is 14.0. The average molecular weight is 432 g/mol. The molecule has 3 rings (SSSR count). The van der Waals surface area contributed by atoms with Gasteiger partial charge in [0.1, 0.15) is 6.04 Å². The van der Waals surface area contributed by atoms with Gasteiger partial charge in [-0.15, -0.1) is 0 Å². The molecule has 2 fully saturated rings. The second-order valence-electron chi connectivity index (χ2n) is 8.99. The molecule has 2 aliphatic rings. The highest BCUT2D eigenvalue weighted by Gasteiger charge is 2.38. The highest BCUT2D eigenvalue weighted by atomic mass is 16.4. The normalized spacial score (nSPS) is 20.2. The summed E-state index contributed by atoms with van der Waals surface area (Å²) in [5.41, 5.74) is 1.35. The Kier molecular flexibility index (Phi) is 15.4. The molecular weight excluding hydrogens is 382 g/mol. The van der Waals surface area contributed by atoms with E-state index in [-0.39, 0.29) is 6.04 Å². The molecule has 0 bridgehead atoms. The zero-order chi connectivity index (χ0) is 22.9. The number of hydrogen-bond donors (Lipinski definition) is 1. The largest absolute Gasteiger partial charge is 0.480 e. The Bertz CT molecular complexity index is 547. The van der Waals surface area contributed by atoms with Crippen molar-refractivity contribution in [3.63, 3.8) is 0 Å². The molecule has 0 spiro atoms. The molecule has 1 saturated heterocycles. The summed E-state index contributed by atoms with van der Waals surface area (Å²) in [5, 5.41) is 9.70. The van der Waals surface area contributed by atoms with Gasteiger partial charge in [0.2, 0.25) is 0 Å². The lowest BCUT2D eigenvalue weighted by atomic mass is 9.83. The molecule has 1 saturated carbocycles. The Morgan fingerprint density at radius 3 is 2.03 bits per heavy atom. The molecule has 1 aromatic rings. The lowest BCUT2D eigenvalue weighted by Crippen LogP contribution is -2.45. The summed E-state index contributed by atoms with van der Waals surface area (Å²) in [6.07, 6.45) is 15.4. The van der Waals surface area contributed by atoms with Crippen molar-refractivity contribution in [1.82, 2.24) is 4.90 Å². The summed E-state index contributed by atoms with van der Waals surface area (Å²) in [6.45, 7) is 10.3. The van der Waals surface area contributed by atoms with Gasteiger partial charge in [0.15, 0.2) is 0 Å². The molecule has 1 aromatic carbocycles. The van der Waals surface area contributed by atoms with Crippen LogP contribution in [0.3, 0.4) is 0 Å². The van der Waals surface area contributed by atoms with Crippen LogP contribution in [-0.2, 0) is 4.79 Å². The van der Waals surface area contributed by atoms with Crippen molar-refractivity contribution >= 4 is 5.97 Å². The van der Waals surface area contributed by atoms with E-state index in [1.54, 1.807) is 0 Å². The van der Waals surface area contributed by atoms with Gasteiger partial charge in [0, 0.05) is 6.54 Å². The van der Waals surface area contributed by atoms with E-state index in [2.05, 4.69) is 43.0 Å². The fraction of sp³-hybridized carbons (Fsp3) is 0.750. The first-order chi connectivity index (χ1) is 15.2. The number of rotatable bonds is 9. The topological polar surface area (TPSA) is 40.5 Å². The van der Waals surface area contributed by atoms with Crippen LogP contribution in [0.4, 0.5) is 0 Å². The second-order valence-corrected chi connectivity index (χ2v) is 8.99. The summed E-state index contributed by atoms with van der Waals surface area (Å²) in [6, 6.07) is 10.3. The maximum atomic E-state index is 11.8. The Morgan fingerprint density at radius 1 is 0.935 bits per heavy atom. The molecule has 1 unspecified atom stereocenters. The number of carboxylic acids is 1. The van der Waals surface area contributed by atoms with Gasteiger partial charge in [0.25, 0.3) is 0 Å². The number of hydrogen-bond acceptors (Lipinski definition) is 2. The zero-order valence-electron chi connectivity index (χ0n) is 20.8. The van der Waals surface area contributed by atoms with Gasteiger partial charge in [-0.2, -0.15) is 0 Å². The molecule has 31 heavy (non-hydrogen) atoms. The van der Waals surface area contributed by atoms with Crippen LogP contribution in [0.2, 0.25) is 0 Å². The number of likely N-dealkylation sites (tertiary alicyclic amines) is 1. The van der Waals surface area contributed by atoms with Crippen LogP contribution >= 0.6 is 0 Å². The smallest absolute Gasteiger partial charge is 0.321 e. The SMILES string of the molecule is CC.CCCCCCCC.O=C(O)[C@@H](C1CCCCC1)N1CCC(c2ccccc2)C1. The van der Waals surface area contributed by atoms with Gasteiger partial charge in [-0.3, -0.25) is 9.69 Å². The first-order valence-electron chi connectivity index (χ1n) is 13.2. The zero-order valence-corrected chi connectivity index (χ0v) is 20.8. The van der Waals surface area contributed by atoms with E-state index in [9.17, 15) is 9.90 Å². The Balaban J connectivity index is 0.000000409. The van der Waals surface area contributed by atoms with Crippen molar-refractivity contribution in [2.45, 2.75) is 117 Å². The molecular formula is C28H49NO2. The van der Waals surface area contributed by atoms with Crippen molar-refractivity contribution < 1.29 is 9.90 Å². The van der Waals surface area contributed by atoms with Gasteiger partial charge in [-0.1, -0.05) is 116 Å². The quantitative estimate of drug-likeness (QED) is 0.404. The molecule has 0 aromatic heterocycles. The predicted molar refractivity (Wildman–Crippen MR) is 134 cm³/mol. The Morgan fingerprint density at radius 2 is 1.52 bits per heavy atom. The molecule has 3 heteroatoms. The van der Waals surface area contributed by atoms with E-state index in [0.717, 1.165) is 32.4 Å². The third kappa shape index (κ3) is 10.2. The van der Waals surface area contributed by atoms with Crippen molar-refractivity contribution in [2.24, 2.45) is 5.92 Å². The number of unbranched alkanes of at least 4 members (excludes halogenated alkanes) is 5. The van der Waals surface area contributed by atoms with Crippen LogP contribution in [0.5, 0.6) is 0 Å².